The minimum Gasteiger partial charge on any atom is -0.378 e. The van der Waals surface area contributed by atoms with E-state index in [4.69, 9.17) is 4.74 Å². The maximum atomic E-state index is 13.6. The molecule has 12 heteroatoms. The normalized spacial score (nSPS) is 17.0. The summed E-state index contributed by atoms with van der Waals surface area (Å²) in [6.07, 6.45) is -5.69. The predicted molar refractivity (Wildman–Crippen MR) is 110 cm³/mol. The second kappa shape index (κ2) is 8.40. The molecule has 7 nitrogen and oxygen atoms in total. The molecule has 0 spiro atoms. The average molecular weight is 471 g/mol. The second-order valence-electron chi connectivity index (χ2n) is 8.10. The maximum Gasteiger partial charge on any atom is 0.458 e. The summed E-state index contributed by atoms with van der Waals surface area (Å²) in [7, 11) is 0. The summed E-state index contributed by atoms with van der Waals surface area (Å²) in [6, 6.07) is 3.58. The summed E-state index contributed by atoms with van der Waals surface area (Å²) in [6.45, 7) is 6.00. The zero-order valence-electron chi connectivity index (χ0n) is 17.9. The number of carbonyl (C=O) groups excluding carboxylic acids is 1. The molecule has 0 unspecified atom stereocenters. The molecule has 0 atom stereocenters. The van der Waals surface area contributed by atoms with Gasteiger partial charge < -0.3 is 19.9 Å². The Morgan fingerprint density at radius 2 is 1.67 bits per heavy atom. The fourth-order valence-electron chi connectivity index (χ4n) is 3.67. The third-order valence-electron chi connectivity index (χ3n) is 5.57. The van der Waals surface area contributed by atoms with Gasteiger partial charge in [0, 0.05) is 35.9 Å². The number of halogens is 5. The molecular formula is C21H22F5N5O2. The van der Waals surface area contributed by atoms with E-state index in [1.54, 1.807) is 4.90 Å². The van der Waals surface area contributed by atoms with Gasteiger partial charge >= 0.3 is 12.1 Å². The molecule has 4 rings (SSSR count). The minimum atomic E-state index is -5.69. The molecular weight excluding hydrogens is 449 g/mol. The minimum absolute atomic E-state index is 0.0877. The smallest absolute Gasteiger partial charge is 0.378 e. The standard InChI is InChI=1S/C21H22F5N5O2/c1-12(2)31-11-15-16(18(31)32)28-19(30-7-9-33-10-8-30)29-17(15)27-14-5-3-13(4-6-14)20(22,23)21(24,25)26/h3-6,12H,7-11H2,1-2H3,(H,27,28,29). The average Bonchev–Trinajstić information content (AvgIpc) is 3.11. The van der Waals surface area contributed by atoms with Gasteiger partial charge in [0.05, 0.1) is 19.8 Å². The number of ether oxygens (including phenoxy) is 1. The van der Waals surface area contributed by atoms with Gasteiger partial charge in [0.1, 0.15) is 11.5 Å². The third kappa shape index (κ3) is 4.31. The first-order chi connectivity index (χ1) is 15.5. The first-order valence-corrected chi connectivity index (χ1v) is 10.4. The lowest BCUT2D eigenvalue weighted by atomic mass is 10.1. The van der Waals surface area contributed by atoms with E-state index in [2.05, 4.69) is 15.3 Å². The molecule has 2 aliphatic heterocycles. The molecule has 0 radical (unpaired) electrons. The summed E-state index contributed by atoms with van der Waals surface area (Å²) in [4.78, 5) is 25.4. The molecule has 1 fully saturated rings. The molecule has 1 saturated heterocycles. The molecule has 3 heterocycles. The van der Waals surface area contributed by atoms with Crippen LogP contribution in [0.3, 0.4) is 0 Å². The van der Waals surface area contributed by atoms with Gasteiger partial charge in [-0.3, -0.25) is 4.79 Å². The number of nitrogens with zero attached hydrogens (tertiary/aromatic N) is 4. The summed E-state index contributed by atoms with van der Waals surface area (Å²) in [5, 5.41) is 2.97. The van der Waals surface area contributed by atoms with Crippen molar-refractivity contribution >= 4 is 23.4 Å². The molecule has 1 N–H and O–H groups in total. The van der Waals surface area contributed by atoms with Gasteiger partial charge in [-0.2, -0.15) is 26.9 Å². The number of amides is 1. The first kappa shape index (κ1) is 23.1. The van der Waals surface area contributed by atoms with Crippen molar-refractivity contribution in [3.05, 3.63) is 41.1 Å². The number of alkyl halides is 5. The number of morpholine rings is 1. The first-order valence-electron chi connectivity index (χ1n) is 10.4. The highest BCUT2D eigenvalue weighted by atomic mass is 19.4. The molecule has 1 aromatic heterocycles. The number of fused-ring (bicyclic) bond motifs is 1. The van der Waals surface area contributed by atoms with Gasteiger partial charge in [0.2, 0.25) is 5.95 Å². The Labute approximate surface area is 186 Å². The molecule has 2 aromatic rings. The van der Waals surface area contributed by atoms with Crippen LogP contribution in [0.4, 0.5) is 39.4 Å². The second-order valence-corrected chi connectivity index (χ2v) is 8.10. The lowest BCUT2D eigenvalue weighted by molar-refractivity contribution is -0.289. The number of aromatic nitrogens is 2. The Morgan fingerprint density at radius 1 is 1.03 bits per heavy atom. The van der Waals surface area contributed by atoms with E-state index < -0.39 is 17.7 Å². The van der Waals surface area contributed by atoms with Crippen LogP contribution in [-0.4, -0.2) is 59.3 Å². The number of hydrogen-bond acceptors (Lipinski definition) is 6. The molecule has 0 saturated carbocycles. The Balaban J connectivity index is 1.68. The van der Waals surface area contributed by atoms with E-state index in [1.165, 1.54) is 0 Å². The van der Waals surface area contributed by atoms with Crippen LogP contribution in [0.5, 0.6) is 0 Å². The van der Waals surface area contributed by atoms with Crippen LogP contribution in [0.15, 0.2) is 24.3 Å². The lowest BCUT2D eigenvalue weighted by Crippen LogP contribution is -2.37. The molecule has 178 valence electrons. The summed E-state index contributed by atoms with van der Waals surface area (Å²) in [5.74, 6) is -4.60. The van der Waals surface area contributed by atoms with Gasteiger partial charge in [0.15, 0.2) is 0 Å². The largest absolute Gasteiger partial charge is 0.458 e. The van der Waals surface area contributed by atoms with E-state index in [0.717, 1.165) is 12.1 Å². The Kier molecular flexibility index (Phi) is 5.89. The highest BCUT2D eigenvalue weighted by Gasteiger charge is 2.58. The van der Waals surface area contributed by atoms with E-state index in [9.17, 15) is 26.7 Å². The van der Waals surface area contributed by atoms with Crippen LogP contribution in [0.25, 0.3) is 0 Å². The van der Waals surface area contributed by atoms with Crippen molar-refractivity contribution in [1.29, 1.82) is 0 Å². The van der Waals surface area contributed by atoms with Crippen LogP contribution in [0.1, 0.15) is 35.5 Å². The quantitative estimate of drug-likeness (QED) is 0.663. The van der Waals surface area contributed by atoms with Crippen LogP contribution >= 0.6 is 0 Å². The van der Waals surface area contributed by atoms with Crippen LogP contribution in [-0.2, 0) is 17.2 Å². The lowest BCUT2D eigenvalue weighted by Gasteiger charge is -2.27. The van der Waals surface area contributed by atoms with E-state index >= 15 is 0 Å². The molecule has 0 bridgehead atoms. The highest BCUT2D eigenvalue weighted by molar-refractivity contribution is 5.98. The molecule has 0 aliphatic carbocycles. The van der Waals surface area contributed by atoms with E-state index in [-0.39, 0.29) is 29.9 Å². The van der Waals surface area contributed by atoms with Crippen molar-refractivity contribution in [1.82, 2.24) is 14.9 Å². The van der Waals surface area contributed by atoms with E-state index in [0.29, 0.717) is 55.8 Å². The molecule has 33 heavy (non-hydrogen) atoms. The Bertz CT molecular complexity index is 1040. The SMILES string of the molecule is CC(C)N1Cc2c(Nc3ccc(C(F)(F)C(F)(F)F)cc3)nc(N3CCOCC3)nc2C1=O. The number of nitrogens with one attached hydrogen (secondary N) is 1. The highest BCUT2D eigenvalue weighted by Crippen LogP contribution is 2.44. The van der Waals surface area contributed by atoms with Crippen LogP contribution in [0.2, 0.25) is 0 Å². The Morgan fingerprint density at radius 3 is 2.24 bits per heavy atom. The molecule has 1 aromatic carbocycles. The van der Waals surface area contributed by atoms with Crippen molar-refractivity contribution in [2.45, 2.75) is 38.5 Å². The van der Waals surface area contributed by atoms with Gasteiger partial charge in [-0.1, -0.05) is 12.1 Å². The third-order valence-corrected chi connectivity index (χ3v) is 5.57. The van der Waals surface area contributed by atoms with Gasteiger partial charge in [-0.25, -0.2) is 4.98 Å². The van der Waals surface area contributed by atoms with Crippen molar-refractivity contribution in [2.24, 2.45) is 0 Å². The van der Waals surface area contributed by atoms with Crippen molar-refractivity contribution in [3.8, 4) is 0 Å². The van der Waals surface area contributed by atoms with Crippen LogP contribution in [0, 0.1) is 0 Å². The van der Waals surface area contributed by atoms with Crippen LogP contribution < -0.4 is 10.2 Å². The number of hydrogen-bond donors (Lipinski definition) is 1. The van der Waals surface area contributed by atoms with E-state index in [1.807, 2.05) is 18.7 Å². The summed E-state index contributed by atoms with van der Waals surface area (Å²) < 4.78 is 70.5. The molecule has 2 aliphatic rings. The monoisotopic (exact) mass is 471 g/mol. The fourth-order valence-corrected chi connectivity index (χ4v) is 3.67. The van der Waals surface area contributed by atoms with Crippen molar-refractivity contribution < 1.29 is 31.5 Å². The van der Waals surface area contributed by atoms with Gasteiger partial charge in [0.25, 0.3) is 5.91 Å². The topological polar surface area (TPSA) is 70.6 Å². The fraction of sp³-hybridized carbons (Fsp3) is 0.476. The summed E-state index contributed by atoms with van der Waals surface area (Å²) in [5.41, 5.74) is -0.136. The number of carbonyl (C=O) groups is 1. The van der Waals surface area contributed by atoms with Gasteiger partial charge in [-0.05, 0) is 26.0 Å². The number of anilines is 3. The summed E-state index contributed by atoms with van der Waals surface area (Å²) >= 11 is 0. The predicted octanol–water partition coefficient (Wildman–Crippen LogP) is 4.08. The van der Waals surface area contributed by atoms with Gasteiger partial charge in [-0.15, -0.1) is 0 Å². The zero-order chi connectivity index (χ0) is 24.0. The van der Waals surface area contributed by atoms with Crippen molar-refractivity contribution in [3.63, 3.8) is 0 Å². The molecule has 1 amide bonds. The number of rotatable bonds is 5. The maximum absolute atomic E-state index is 13.6. The number of benzene rings is 1. The zero-order valence-corrected chi connectivity index (χ0v) is 17.9. The Hall–Kier alpha value is -3.02. The van der Waals surface area contributed by atoms with Crippen molar-refractivity contribution in [2.75, 3.05) is 36.5 Å².